The number of rotatable bonds is 5. The number of ether oxygens (including phenoxy) is 2. The van der Waals surface area contributed by atoms with Gasteiger partial charge in [0.05, 0.1) is 10.9 Å². The van der Waals surface area contributed by atoms with Gasteiger partial charge in [0.15, 0.2) is 11.5 Å². The number of sulfonamides is 1. The molecule has 0 spiro atoms. The van der Waals surface area contributed by atoms with E-state index in [1.165, 1.54) is 16.4 Å². The molecule has 1 aromatic heterocycles. The number of benzene rings is 2. The van der Waals surface area contributed by atoms with E-state index in [0.29, 0.717) is 46.6 Å². The predicted molar refractivity (Wildman–Crippen MR) is 118 cm³/mol. The Bertz CT molecular complexity index is 1280. The van der Waals surface area contributed by atoms with Crippen LogP contribution in [0.1, 0.15) is 33.7 Å². The summed E-state index contributed by atoms with van der Waals surface area (Å²) < 4.78 is 38.3. The summed E-state index contributed by atoms with van der Waals surface area (Å²) in [7, 11) is -3.73. The molecule has 0 aliphatic carbocycles. The summed E-state index contributed by atoms with van der Waals surface area (Å²) in [4.78, 5) is 12.8. The predicted octanol–water partition coefficient (Wildman–Crippen LogP) is 3.70. The van der Waals surface area contributed by atoms with Crippen LogP contribution in [0.3, 0.4) is 0 Å². The Morgan fingerprint density at radius 1 is 1.12 bits per heavy atom. The van der Waals surface area contributed by atoms with Crippen LogP contribution in [-0.2, 0) is 10.0 Å². The lowest BCUT2D eigenvalue weighted by Crippen LogP contribution is -2.30. The SMILES string of the molecule is O=C(Nc1ccc2c(c1)OCO2)c1nnc(C2CCCN2S(=O)(=O)c2ccc(Cl)cc2)s1. The molecule has 12 heteroatoms. The lowest BCUT2D eigenvalue weighted by Gasteiger charge is -2.22. The first-order valence-corrected chi connectivity index (χ1v) is 12.4. The van der Waals surface area contributed by atoms with Gasteiger partial charge < -0.3 is 14.8 Å². The molecular weight excluding hydrogens is 476 g/mol. The molecule has 32 heavy (non-hydrogen) atoms. The number of hydrogen-bond acceptors (Lipinski definition) is 8. The van der Waals surface area contributed by atoms with E-state index in [2.05, 4.69) is 15.5 Å². The Labute approximate surface area is 193 Å². The largest absolute Gasteiger partial charge is 0.454 e. The fraction of sp³-hybridized carbons (Fsp3) is 0.250. The normalized spacial score (nSPS) is 18.1. The number of hydrogen-bond donors (Lipinski definition) is 1. The summed E-state index contributed by atoms with van der Waals surface area (Å²) in [6, 6.07) is 10.7. The summed E-state index contributed by atoms with van der Waals surface area (Å²) in [6.07, 6.45) is 1.29. The maximum absolute atomic E-state index is 13.1. The Kier molecular flexibility index (Phi) is 5.49. The zero-order valence-corrected chi connectivity index (χ0v) is 18.9. The zero-order chi connectivity index (χ0) is 22.3. The topological polar surface area (TPSA) is 111 Å². The second-order valence-electron chi connectivity index (χ2n) is 7.20. The number of anilines is 1. The van der Waals surface area contributed by atoms with Crippen molar-refractivity contribution in [3.63, 3.8) is 0 Å². The fourth-order valence-electron chi connectivity index (χ4n) is 3.64. The van der Waals surface area contributed by atoms with E-state index in [4.69, 9.17) is 21.1 Å². The number of halogens is 1. The number of carbonyl (C=O) groups excluding carboxylic acids is 1. The van der Waals surface area contributed by atoms with Crippen LogP contribution in [0.4, 0.5) is 5.69 Å². The average Bonchev–Trinajstić information content (AvgIpc) is 3.53. The smallest absolute Gasteiger partial charge is 0.286 e. The van der Waals surface area contributed by atoms with Crippen LogP contribution in [0.15, 0.2) is 47.4 Å². The van der Waals surface area contributed by atoms with E-state index in [9.17, 15) is 13.2 Å². The molecule has 1 unspecified atom stereocenters. The van der Waals surface area contributed by atoms with E-state index in [-0.39, 0.29) is 16.7 Å². The van der Waals surface area contributed by atoms with Crippen molar-refractivity contribution in [2.75, 3.05) is 18.7 Å². The van der Waals surface area contributed by atoms with Gasteiger partial charge in [-0.15, -0.1) is 10.2 Å². The van der Waals surface area contributed by atoms with Crippen molar-refractivity contribution >= 4 is 44.6 Å². The first-order chi connectivity index (χ1) is 15.4. The van der Waals surface area contributed by atoms with Crippen molar-refractivity contribution < 1.29 is 22.7 Å². The first kappa shape index (κ1) is 21.1. The van der Waals surface area contributed by atoms with E-state index in [1.807, 2.05) is 0 Å². The van der Waals surface area contributed by atoms with Crippen LogP contribution in [0.2, 0.25) is 5.02 Å². The van der Waals surface area contributed by atoms with E-state index in [0.717, 1.165) is 11.3 Å². The average molecular weight is 493 g/mol. The van der Waals surface area contributed by atoms with Crippen LogP contribution >= 0.6 is 22.9 Å². The van der Waals surface area contributed by atoms with Gasteiger partial charge in [0.1, 0.15) is 5.01 Å². The summed E-state index contributed by atoms with van der Waals surface area (Å²) in [5.74, 6) is 0.733. The van der Waals surface area contributed by atoms with Gasteiger partial charge in [-0.3, -0.25) is 4.79 Å². The molecule has 2 aliphatic heterocycles. The number of nitrogens with one attached hydrogen (secondary N) is 1. The second-order valence-corrected chi connectivity index (χ2v) is 10.5. The Hall–Kier alpha value is -2.73. The third-order valence-corrected chi connectivity index (χ3v) is 8.37. The molecule has 2 aromatic carbocycles. The number of carbonyl (C=O) groups is 1. The molecule has 2 aliphatic rings. The highest BCUT2D eigenvalue weighted by Gasteiger charge is 2.38. The Morgan fingerprint density at radius 2 is 1.91 bits per heavy atom. The van der Waals surface area contributed by atoms with Crippen molar-refractivity contribution in [2.45, 2.75) is 23.8 Å². The third kappa shape index (κ3) is 3.92. The highest BCUT2D eigenvalue weighted by Crippen LogP contribution is 2.38. The molecule has 3 heterocycles. The van der Waals surface area contributed by atoms with Crippen molar-refractivity contribution in [3.8, 4) is 11.5 Å². The van der Waals surface area contributed by atoms with Crippen LogP contribution in [0.25, 0.3) is 0 Å². The second kappa shape index (κ2) is 8.32. The van der Waals surface area contributed by atoms with Gasteiger partial charge in [0.25, 0.3) is 5.91 Å². The minimum atomic E-state index is -3.73. The summed E-state index contributed by atoms with van der Waals surface area (Å²) in [5.41, 5.74) is 0.531. The van der Waals surface area contributed by atoms with E-state index >= 15 is 0 Å². The molecule has 3 aromatic rings. The van der Waals surface area contributed by atoms with Crippen LogP contribution in [-0.4, -0.2) is 42.2 Å². The van der Waals surface area contributed by atoms with E-state index < -0.39 is 22.0 Å². The molecule has 1 saturated heterocycles. The molecule has 0 saturated carbocycles. The van der Waals surface area contributed by atoms with Crippen molar-refractivity contribution in [1.29, 1.82) is 0 Å². The van der Waals surface area contributed by atoms with E-state index in [1.54, 1.807) is 30.3 Å². The number of fused-ring (bicyclic) bond motifs is 1. The van der Waals surface area contributed by atoms with Gasteiger partial charge >= 0.3 is 0 Å². The standard InChI is InChI=1S/C20H17ClN4O5S2/c21-12-3-6-14(7-4-12)32(27,28)25-9-1-2-15(25)19-23-24-20(31-19)18(26)22-13-5-8-16-17(10-13)30-11-29-16/h3-8,10,15H,1-2,9,11H2,(H,22,26). The van der Waals surface area contributed by atoms with Crippen LogP contribution in [0, 0.1) is 0 Å². The molecule has 1 atom stereocenters. The molecule has 9 nitrogen and oxygen atoms in total. The Morgan fingerprint density at radius 3 is 2.72 bits per heavy atom. The van der Waals surface area contributed by atoms with Gasteiger partial charge in [0, 0.05) is 23.3 Å². The van der Waals surface area contributed by atoms with Crippen molar-refractivity contribution in [1.82, 2.24) is 14.5 Å². The van der Waals surface area contributed by atoms with Gasteiger partial charge in [-0.25, -0.2) is 8.42 Å². The first-order valence-electron chi connectivity index (χ1n) is 9.73. The molecular formula is C20H17ClN4O5S2. The monoisotopic (exact) mass is 492 g/mol. The molecule has 0 radical (unpaired) electrons. The highest BCUT2D eigenvalue weighted by molar-refractivity contribution is 7.89. The maximum Gasteiger partial charge on any atom is 0.286 e. The molecule has 0 bridgehead atoms. The number of nitrogens with zero attached hydrogens (tertiary/aromatic N) is 3. The van der Waals surface area contributed by atoms with Gasteiger partial charge in [0.2, 0.25) is 21.8 Å². The molecule has 1 N–H and O–H groups in total. The Balaban J connectivity index is 1.34. The maximum atomic E-state index is 13.1. The van der Waals surface area contributed by atoms with Crippen LogP contribution in [0.5, 0.6) is 11.5 Å². The minimum absolute atomic E-state index is 0.142. The molecule has 166 valence electrons. The quantitative estimate of drug-likeness (QED) is 0.578. The highest BCUT2D eigenvalue weighted by atomic mass is 35.5. The molecule has 1 amide bonds. The lowest BCUT2D eigenvalue weighted by atomic mass is 10.2. The molecule has 5 rings (SSSR count). The van der Waals surface area contributed by atoms with Crippen molar-refractivity contribution in [2.24, 2.45) is 0 Å². The molecule has 1 fully saturated rings. The van der Waals surface area contributed by atoms with Gasteiger partial charge in [-0.1, -0.05) is 22.9 Å². The third-order valence-electron chi connectivity index (χ3n) is 5.17. The lowest BCUT2D eigenvalue weighted by molar-refractivity contribution is 0.102. The fourth-order valence-corrected chi connectivity index (χ4v) is 6.38. The number of aromatic nitrogens is 2. The zero-order valence-electron chi connectivity index (χ0n) is 16.5. The van der Waals surface area contributed by atoms with Crippen molar-refractivity contribution in [3.05, 3.63) is 57.5 Å². The number of amides is 1. The van der Waals surface area contributed by atoms with Crippen LogP contribution < -0.4 is 14.8 Å². The summed E-state index contributed by atoms with van der Waals surface area (Å²) in [6.45, 7) is 0.511. The van der Waals surface area contributed by atoms with Gasteiger partial charge in [-0.05, 0) is 49.2 Å². The van der Waals surface area contributed by atoms with Gasteiger partial charge in [-0.2, -0.15) is 4.31 Å². The summed E-state index contributed by atoms with van der Waals surface area (Å²) in [5, 5.41) is 12.0. The minimum Gasteiger partial charge on any atom is -0.454 e. The summed E-state index contributed by atoms with van der Waals surface area (Å²) >= 11 is 6.97.